The van der Waals surface area contributed by atoms with Gasteiger partial charge in [0, 0.05) is 13.1 Å². The molecular formula is C13H16N2O4. The minimum Gasteiger partial charge on any atom is -0.477 e. The molecule has 1 aromatic heterocycles. The van der Waals surface area contributed by atoms with E-state index >= 15 is 0 Å². The number of aromatic carboxylic acids is 1. The van der Waals surface area contributed by atoms with Crippen LogP contribution < -0.4 is 0 Å². The molecule has 1 atom stereocenters. The predicted molar refractivity (Wildman–Crippen MR) is 67.1 cm³/mol. The second kappa shape index (κ2) is 5.79. The number of hydrogen-bond donors (Lipinski definition) is 1. The third kappa shape index (κ3) is 3.08. The first kappa shape index (κ1) is 13.5. The van der Waals surface area contributed by atoms with Crippen molar-refractivity contribution in [1.29, 1.82) is 0 Å². The van der Waals surface area contributed by atoms with Gasteiger partial charge in [-0.1, -0.05) is 13.0 Å². The molecule has 102 valence electrons. The minimum atomic E-state index is -1.14. The molecule has 6 heteroatoms. The molecule has 1 aliphatic rings. The van der Waals surface area contributed by atoms with Gasteiger partial charge in [0.15, 0.2) is 0 Å². The monoisotopic (exact) mass is 264 g/mol. The number of ether oxygens (including phenoxy) is 1. The van der Waals surface area contributed by atoms with Crippen LogP contribution >= 0.6 is 0 Å². The Morgan fingerprint density at radius 2 is 2.21 bits per heavy atom. The van der Waals surface area contributed by atoms with Gasteiger partial charge in [-0.25, -0.2) is 9.78 Å². The van der Waals surface area contributed by atoms with Crippen LogP contribution in [0.3, 0.4) is 0 Å². The van der Waals surface area contributed by atoms with Gasteiger partial charge in [0.1, 0.15) is 11.4 Å². The number of aromatic nitrogens is 1. The molecule has 0 aromatic carbocycles. The molecule has 0 spiro atoms. The molecule has 0 saturated carbocycles. The number of carboxylic acids is 1. The van der Waals surface area contributed by atoms with E-state index in [1.54, 1.807) is 4.90 Å². The molecule has 1 saturated heterocycles. The van der Waals surface area contributed by atoms with Crippen LogP contribution in [0.5, 0.6) is 0 Å². The third-order valence-corrected chi connectivity index (χ3v) is 3.07. The summed E-state index contributed by atoms with van der Waals surface area (Å²) in [6.07, 6.45) is 0.882. The third-order valence-electron chi connectivity index (χ3n) is 3.07. The topological polar surface area (TPSA) is 79.7 Å². The Bertz CT molecular complexity index is 489. The highest BCUT2D eigenvalue weighted by molar-refractivity contribution is 5.94. The fourth-order valence-electron chi connectivity index (χ4n) is 1.99. The molecule has 1 N–H and O–H groups in total. The summed E-state index contributed by atoms with van der Waals surface area (Å²) in [5.41, 5.74) is 0.0443. The van der Waals surface area contributed by atoms with Crippen molar-refractivity contribution in [2.24, 2.45) is 0 Å². The van der Waals surface area contributed by atoms with Crippen LogP contribution in [0.25, 0.3) is 0 Å². The molecule has 1 unspecified atom stereocenters. The highest BCUT2D eigenvalue weighted by Gasteiger charge is 2.25. The number of carbonyl (C=O) groups is 2. The van der Waals surface area contributed by atoms with Gasteiger partial charge in [-0.05, 0) is 18.6 Å². The normalized spacial score (nSPS) is 19.2. The van der Waals surface area contributed by atoms with Crippen LogP contribution in [0.15, 0.2) is 18.2 Å². The number of morpholine rings is 1. The summed E-state index contributed by atoms with van der Waals surface area (Å²) in [7, 11) is 0. The Labute approximate surface area is 111 Å². The molecule has 19 heavy (non-hydrogen) atoms. The number of pyridine rings is 1. The zero-order valence-electron chi connectivity index (χ0n) is 10.7. The fraction of sp³-hybridized carbons (Fsp3) is 0.462. The highest BCUT2D eigenvalue weighted by atomic mass is 16.5. The molecule has 1 aromatic rings. The maximum absolute atomic E-state index is 12.3. The molecule has 6 nitrogen and oxygen atoms in total. The average Bonchev–Trinajstić information content (AvgIpc) is 2.46. The number of amides is 1. The van der Waals surface area contributed by atoms with Crippen LogP contribution in [0.1, 0.15) is 34.3 Å². The maximum atomic E-state index is 12.3. The summed E-state index contributed by atoms with van der Waals surface area (Å²) < 4.78 is 5.50. The number of carboxylic acid groups (broad SMARTS) is 1. The predicted octanol–water partition coefficient (Wildman–Crippen LogP) is 1.03. The zero-order valence-corrected chi connectivity index (χ0v) is 10.7. The van der Waals surface area contributed by atoms with Crippen LogP contribution in [-0.2, 0) is 4.74 Å². The molecule has 0 radical (unpaired) electrons. The number of nitrogens with zero attached hydrogens (tertiary/aromatic N) is 2. The summed E-state index contributed by atoms with van der Waals surface area (Å²) in [6, 6.07) is 4.43. The zero-order chi connectivity index (χ0) is 13.8. The van der Waals surface area contributed by atoms with Crippen molar-refractivity contribution in [1.82, 2.24) is 9.88 Å². The van der Waals surface area contributed by atoms with Crippen molar-refractivity contribution in [3.8, 4) is 0 Å². The summed E-state index contributed by atoms with van der Waals surface area (Å²) >= 11 is 0. The summed E-state index contributed by atoms with van der Waals surface area (Å²) in [5.74, 6) is -1.38. The van der Waals surface area contributed by atoms with Crippen LogP contribution in [0.2, 0.25) is 0 Å². The summed E-state index contributed by atoms with van der Waals surface area (Å²) in [6.45, 7) is 3.54. The van der Waals surface area contributed by atoms with E-state index in [0.717, 1.165) is 6.42 Å². The van der Waals surface area contributed by atoms with E-state index in [4.69, 9.17) is 9.84 Å². The van der Waals surface area contributed by atoms with Gasteiger partial charge in [-0.15, -0.1) is 0 Å². The molecule has 0 bridgehead atoms. The van der Waals surface area contributed by atoms with Crippen LogP contribution in [0, 0.1) is 0 Å². The number of rotatable bonds is 3. The Balaban J connectivity index is 2.14. The Kier molecular flexibility index (Phi) is 4.11. The lowest BCUT2D eigenvalue weighted by molar-refractivity contribution is -0.0228. The molecule has 2 heterocycles. The minimum absolute atomic E-state index is 0.0420. The van der Waals surface area contributed by atoms with Crippen molar-refractivity contribution >= 4 is 11.9 Å². The lowest BCUT2D eigenvalue weighted by Gasteiger charge is -2.32. The van der Waals surface area contributed by atoms with E-state index in [2.05, 4.69) is 4.98 Å². The Morgan fingerprint density at radius 3 is 2.89 bits per heavy atom. The number of hydrogen-bond acceptors (Lipinski definition) is 4. The largest absolute Gasteiger partial charge is 0.477 e. The molecule has 1 aliphatic heterocycles. The lowest BCUT2D eigenvalue weighted by atomic mass is 10.2. The van der Waals surface area contributed by atoms with E-state index in [0.29, 0.717) is 19.7 Å². The standard InChI is InChI=1S/C13H16N2O4/c1-2-9-8-15(6-7-19-9)12(16)10-4-3-5-11(14-10)13(17)18/h3-5,9H,2,6-8H2,1H3,(H,17,18). The number of carbonyl (C=O) groups excluding carboxylic acids is 1. The SMILES string of the molecule is CCC1CN(C(=O)c2cccc(C(=O)O)n2)CCO1. The van der Waals surface area contributed by atoms with Gasteiger partial charge >= 0.3 is 5.97 Å². The summed E-state index contributed by atoms with van der Waals surface area (Å²) in [5, 5.41) is 8.87. The van der Waals surface area contributed by atoms with Gasteiger partial charge in [0.2, 0.25) is 0 Å². The quantitative estimate of drug-likeness (QED) is 0.882. The molecule has 1 fully saturated rings. The van der Waals surface area contributed by atoms with Crippen molar-refractivity contribution in [3.05, 3.63) is 29.6 Å². The van der Waals surface area contributed by atoms with Gasteiger partial charge < -0.3 is 14.7 Å². The smallest absolute Gasteiger partial charge is 0.354 e. The Hall–Kier alpha value is -1.95. The van der Waals surface area contributed by atoms with E-state index in [1.165, 1.54) is 18.2 Å². The van der Waals surface area contributed by atoms with Gasteiger partial charge in [-0.3, -0.25) is 4.79 Å². The first-order chi connectivity index (χ1) is 9.11. The highest BCUT2D eigenvalue weighted by Crippen LogP contribution is 2.12. The van der Waals surface area contributed by atoms with Gasteiger partial charge in [0.25, 0.3) is 5.91 Å². The fourth-order valence-corrected chi connectivity index (χ4v) is 1.99. The molecule has 1 amide bonds. The van der Waals surface area contributed by atoms with E-state index in [-0.39, 0.29) is 23.4 Å². The van der Waals surface area contributed by atoms with Crippen molar-refractivity contribution < 1.29 is 19.4 Å². The van der Waals surface area contributed by atoms with E-state index < -0.39 is 5.97 Å². The average molecular weight is 264 g/mol. The molecule has 0 aliphatic carbocycles. The first-order valence-corrected chi connectivity index (χ1v) is 6.23. The van der Waals surface area contributed by atoms with Crippen LogP contribution in [0.4, 0.5) is 0 Å². The van der Waals surface area contributed by atoms with Crippen LogP contribution in [-0.4, -0.2) is 52.7 Å². The van der Waals surface area contributed by atoms with E-state index in [1.807, 2.05) is 6.92 Å². The Morgan fingerprint density at radius 1 is 1.47 bits per heavy atom. The summed E-state index contributed by atoms with van der Waals surface area (Å²) in [4.78, 5) is 28.6. The van der Waals surface area contributed by atoms with Crippen molar-refractivity contribution in [2.75, 3.05) is 19.7 Å². The second-order valence-corrected chi connectivity index (χ2v) is 4.37. The maximum Gasteiger partial charge on any atom is 0.354 e. The first-order valence-electron chi connectivity index (χ1n) is 6.23. The van der Waals surface area contributed by atoms with Crippen molar-refractivity contribution in [3.63, 3.8) is 0 Å². The lowest BCUT2D eigenvalue weighted by Crippen LogP contribution is -2.45. The van der Waals surface area contributed by atoms with Gasteiger partial charge in [-0.2, -0.15) is 0 Å². The second-order valence-electron chi connectivity index (χ2n) is 4.37. The van der Waals surface area contributed by atoms with Crippen molar-refractivity contribution in [2.45, 2.75) is 19.4 Å². The molecule has 2 rings (SSSR count). The van der Waals surface area contributed by atoms with E-state index in [9.17, 15) is 9.59 Å². The van der Waals surface area contributed by atoms with Gasteiger partial charge in [0.05, 0.1) is 12.7 Å². The molecular weight excluding hydrogens is 248 g/mol.